The van der Waals surface area contributed by atoms with Crippen molar-refractivity contribution in [3.05, 3.63) is 11.4 Å². The SMILES string of the molecule is CCC(=O)c1nc(NC)c(C(=O)NC)nc1NC. The van der Waals surface area contributed by atoms with Crippen LogP contribution in [0, 0.1) is 0 Å². The van der Waals surface area contributed by atoms with Gasteiger partial charge in [-0.15, -0.1) is 0 Å². The zero-order valence-corrected chi connectivity index (χ0v) is 10.9. The van der Waals surface area contributed by atoms with Gasteiger partial charge in [0.25, 0.3) is 5.91 Å². The van der Waals surface area contributed by atoms with Crippen LogP contribution in [-0.4, -0.2) is 42.8 Å². The number of rotatable bonds is 5. The molecule has 0 spiro atoms. The van der Waals surface area contributed by atoms with E-state index in [1.165, 1.54) is 7.05 Å². The van der Waals surface area contributed by atoms with Gasteiger partial charge >= 0.3 is 0 Å². The number of hydrogen-bond acceptors (Lipinski definition) is 6. The molecule has 3 N–H and O–H groups in total. The van der Waals surface area contributed by atoms with Crippen molar-refractivity contribution in [1.29, 1.82) is 0 Å². The summed E-state index contributed by atoms with van der Waals surface area (Å²) in [6, 6.07) is 0. The molecule has 7 heteroatoms. The fourth-order valence-electron chi connectivity index (χ4n) is 1.42. The van der Waals surface area contributed by atoms with Gasteiger partial charge in [0, 0.05) is 27.6 Å². The molecule has 1 heterocycles. The monoisotopic (exact) mass is 251 g/mol. The summed E-state index contributed by atoms with van der Waals surface area (Å²) in [5.41, 5.74) is 0.383. The Hall–Kier alpha value is -2.18. The number of carbonyl (C=O) groups is 2. The lowest BCUT2D eigenvalue weighted by Gasteiger charge is -2.11. The van der Waals surface area contributed by atoms with E-state index < -0.39 is 0 Å². The maximum atomic E-state index is 11.7. The van der Waals surface area contributed by atoms with Gasteiger partial charge in [-0.05, 0) is 0 Å². The Morgan fingerprint density at radius 1 is 1.00 bits per heavy atom. The van der Waals surface area contributed by atoms with E-state index in [1.807, 2.05) is 0 Å². The summed E-state index contributed by atoms with van der Waals surface area (Å²) in [6.07, 6.45) is 0.325. The number of nitrogens with zero attached hydrogens (tertiary/aromatic N) is 2. The van der Waals surface area contributed by atoms with Gasteiger partial charge in [-0.3, -0.25) is 9.59 Å². The highest BCUT2D eigenvalue weighted by molar-refractivity contribution is 6.02. The number of ketones is 1. The molecule has 0 fully saturated rings. The van der Waals surface area contributed by atoms with E-state index in [0.29, 0.717) is 12.2 Å². The molecule has 0 aliphatic rings. The number of Topliss-reactive ketones (excluding diaryl/α,β-unsaturated/α-hetero) is 1. The second kappa shape index (κ2) is 5.95. The van der Waals surface area contributed by atoms with E-state index in [1.54, 1.807) is 21.0 Å². The van der Waals surface area contributed by atoms with Gasteiger partial charge in [-0.2, -0.15) is 0 Å². The van der Waals surface area contributed by atoms with Gasteiger partial charge in [0.15, 0.2) is 28.8 Å². The van der Waals surface area contributed by atoms with Crippen LogP contribution in [0.4, 0.5) is 11.6 Å². The van der Waals surface area contributed by atoms with Crippen LogP contribution in [0.25, 0.3) is 0 Å². The number of nitrogens with one attached hydrogen (secondary N) is 3. The number of carbonyl (C=O) groups excluding carboxylic acids is 2. The summed E-state index contributed by atoms with van der Waals surface area (Å²) in [4.78, 5) is 31.7. The molecule has 0 saturated heterocycles. The van der Waals surface area contributed by atoms with Gasteiger partial charge in [-0.1, -0.05) is 6.92 Å². The molecule has 0 unspecified atom stereocenters. The van der Waals surface area contributed by atoms with Crippen molar-refractivity contribution in [2.24, 2.45) is 0 Å². The fraction of sp³-hybridized carbons (Fsp3) is 0.455. The molecular weight excluding hydrogens is 234 g/mol. The van der Waals surface area contributed by atoms with Crippen LogP contribution >= 0.6 is 0 Å². The molecule has 0 aliphatic heterocycles. The summed E-state index contributed by atoms with van der Waals surface area (Å²) < 4.78 is 0. The molecule has 0 atom stereocenters. The first kappa shape index (κ1) is 13.9. The molecule has 7 nitrogen and oxygen atoms in total. The molecule has 1 amide bonds. The van der Waals surface area contributed by atoms with Crippen LogP contribution < -0.4 is 16.0 Å². The van der Waals surface area contributed by atoms with Gasteiger partial charge in [-0.25, -0.2) is 9.97 Å². The van der Waals surface area contributed by atoms with Crippen LogP contribution in [0.2, 0.25) is 0 Å². The van der Waals surface area contributed by atoms with E-state index in [-0.39, 0.29) is 28.9 Å². The third-order valence-corrected chi connectivity index (χ3v) is 2.40. The molecule has 18 heavy (non-hydrogen) atoms. The van der Waals surface area contributed by atoms with Crippen molar-refractivity contribution in [2.75, 3.05) is 31.8 Å². The van der Waals surface area contributed by atoms with E-state index in [9.17, 15) is 9.59 Å². The zero-order valence-electron chi connectivity index (χ0n) is 10.9. The molecule has 1 aromatic rings. The van der Waals surface area contributed by atoms with Crippen LogP contribution in [0.5, 0.6) is 0 Å². The van der Waals surface area contributed by atoms with E-state index in [4.69, 9.17) is 0 Å². The summed E-state index contributed by atoms with van der Waals surface area (Å²) in [5.74, 6) is 0.0928. The first-order chi connectivity index (χ1) is 8.58. The number of anilines is 2. The van der Waals surface area contributed by atoms with Gasteiger partial charge in [0.1, 0.15) is 0 Å². The molecule has 0 bridgehead atoms. The van der Waals surface area contributed by atoms with Crippen molar-refractivity contribution in [3.63, 3.8) is 0 Å². The summed E-state index contributed by atoms with van der Waals surface area (Å²) >= 11 is 0. The second-order valence-corrected chi connectivity index (χ2v) is 3.47. The van der Waals surface area contributed by atoms with E-state index in [0.717, 1.165) is 0 Å². The van der Waals surface area contributed by atoms with Crippen LogP contribution in [0.15, 0.2) is 0 Å². The minimum Gasteiger partial charge on any atom is -0.371 e. The topological polar surface area (TPSA) is 96.0 Å². The largest absolute Gasteiger partial charge is 0.371 e. The van der Waals surface area contributed by atoms with Crippen LogP contribution in [0.3, 0.4) is 0 Å². The quantitative estimate of drug-likeness (QED) is 0.660. The highest BCUT2D eigenvalue weighted by Gasteiger charge is 2.20. The zero-order chi connectivity index (χ0) is 13.7. The molecule has 1 rings (SSSR count). The Kier molecular flexibility index (Phi) is 4.59. The minimum atomic E-state index is -0.362. The average molecular weight is 251 g/mol. The van der Waals surface area contributed by atoms with Crippen molar-refractivity contribution in [3.8, 4) is 0 Å². The standard InChI is InChI=1S/C11H17N5O2/c1-5-6(17)7-9(12-2)16-8(11(18)14-4)10(13-3)15-7/h5H2,1-4H3,(H,12,16)(H,13,15)(H,14,18). The smallest absolute Gasteiger partial charge is 0.273 e. The molecule has 98 valence electrons. The number of aromatic nitrogens is 2. The maximum Gasteiger partial charge on any atom is 0.273 e. The lowest BCUT2D eigenvalue weighted by molar-refractivity contribution is 0.0953. The third-order valence-electron chi connectivity index (χ3n) is 2.40. The van der Waals surface area contributed by atoms with Gasteiger partial charge in [0.2, 0.25) is 0 Å². The molecule has 1 aromatic heterocycles. The van der Waals surface area contributed by atoms with Crippen molar-refractivity contribution in [1.82, 2.24) is 15.3 Å². The van der Waals surface area contributed by atoms with Crippen LogP contribution in [-0.2, 0) is 0 Å². The Bertz CT molecular complexity index is 429. The number of amides is 1. The Labute approximate surface area is 105 Å². The van der Waals surface area contributed by atoms with Gasteiger partial charge < -0.3 is 16.0 Å². The lowest BCUT2D eigenvalue weighted by Crippen LogP contribution is -2.23. The van der Waals surface area contributed by atoms with Gasteiger partial charge in [0.05, 0.1) is 0 Å². The summed E-state index contributed by atoms with van der Waals surface area (Å²) in [7, 11) is 4.76. The average Bonchev–Trinajstić information content (AvgIpc) is 2.43. The fourth-order valence-corrected chi connectivity index (χ4v) is 1.42. The molecule has 0 saturated carbocycles. The summed E-state index contributed by atoms with van der Waals surface area (Å²) in [6.45, 7) is 1.75. The third kappa shape index (κ3) is 2.55. The van der Waals surface area contributed by atoms with Crippen LogP contribution in [0.1, 0.15) is 34.3 Å². The Balaban J connectivity index is 3.41. The first-order valence-corrected chi connectivity index (χ1v) is 5.61. The minimum absolute atomic E-state index is 0.133. The first-order valence-electron chi connectivity index (χ1n) is 5.61. The molecule has 0 aliphatic carbocycles. The van der Waals surface area contributed by atoms with Crippen molar-refractivity contribution >= 4 is 23.3 Å². The second-order valence-electron chi connectivity index (χ2n) is 3.47. The van der Waals surface area contributed by atoms with E-state index in [2.05, 4.69) is 25.9 Å². The normalized spacial score (nSPS) is 9.78. The Morgan fingerprint density at radius 3 is 1.94 bits per heavy atom. The predicted octanol–water partition coefficient (Wildman–Crippen LogP) is 0.512. The molecular formula is C11H17N5O2. The maximum absolute atomic E-state index is 11.7. The highest BCUT2D eigenvalue weighted by Crippen LogP contribution is 2.18. The number of hydrogen-bond donors (Lipinski definition) is 3. The van der Waals surface area contributed by atoms with Crippen molar-refractivity contribution < 1.29 is 9.59 Å². The molecule has 0 aromatic carbocycles. The lowest BCUT2D eigenvalue weighted by atomic mass is 10.2. The van der Waals surface area contributed by atoms with Crippen molar-refractivity contribution in [2.45, 2.75) is 13.3 Å². The molecule has 0 radical (unpaired) electrons. The highest BCUT2D eigenvalue weighted by atomic mass is 16.2. The van der Waals surface area contributed by atoms with E-state index >= 15 is 0 Å². The Morgan fingerprint density at radius 2 is 1.50 bits per heavy atom. The summed E-state index contributed by atoms with van der Waals surface area (Å²) in [5, 5.41) is 8.02. The predicted molar refractivity (Wildman–Crippen MR) is 69.1 cm³/mol.